The number of halogens is 1. The second kappa shape index (κ2) is 5.08. The van der Waals surface area contributed by atoms with Crippen LogP contribution in [0.1, 0.15) is 45.3 Å². The Bertz CT molecular complexity index is 472. The molecule has 19 heavy (non-hydrogen) atoms. The van der Waals surface area contributed by atoms with E-state index >= 15 is 0 Å². The van der Waals surface area contributed by atoms with E-state index in [0.717, 1.165) is 22.2 Å². The quantitative estimate of drug-likeness (QED) is 0.916. The van der Waals surface area contributed by atoms with Gasteiger partial charge in [-0.3, -0.25) is 0 Å². The molecule has 0 saturated heterocycles. The second-order valence-corrected chi connectivity index (χ2v) is 7.01. The SMILES string of the molecule is COC(C)(C)CC1(C)C[C@@H](O)c2cc(Br)ccc2O1. The van der Waals surface area contributed by atoms with Crippen LogP contribution in [0.25, 0.3) is 0 Å². The number of ether oxygens (including phenoxy) is 2. The Kier molecular flexibility index (Phi) is 3.96. The number of fused-ring (bicyclic) bond motifs is 1. The highest BCUT2D eigenvalue weighted by Gasteiger charge is 2.40. The van der Waals surface area contributed by atoms with Gasteiger partial charge in [0.05, 0.1) is 11.7 Å². The molecule has 0 amide bonds. The van der Waals surface area contributed by atoms with Crippen LogP contribution in [0, 0.1) is 0 Å². The Hall–Kier alpha value is -0.580. The van der Waals surface area contributed by atoms with Crippen molar-refractivity contribution in [3.63, 3.8) is 0 Å². The Balaban J connectivity index is 2.27. The van der Waals surface area contributed by atoms with Crippen LogP contribution in [-0.2, 0) is 4.74 Å². The molecule has 0 fully saturated rings. The Labute approximate surface area is 123 Å². The van der Waals surface area contributed by atoms with Crippen molar-refractivity contribution in [1.82, 2.24) is 0 Å². The van der Waals surface area contributed by atoms with Crippen LogP contribution >= 0.6 is 15.9 Å². The largest absolute Gasteiger partial charge is 0.487 e. The zero-order valence-electron chi connectivity index (χ0n) is 11.9. The summed E-state index contributed by atoms with van der Waals surface area (Å²) in [4.78, 5) is 0. The maximum absolute atomic E-state index is 10.3. The Morgan fingerprint density at radius 2 is 2.21 bits per heavy atom. The highest BCUT2D eigenvalue weighted by Crippen LogP contribution is 2.43. The van der Waals surface area contributed by atoms with Crippen molar-refractivity contribution in [1.29, 1.82) is 0 Å². The lowest BCUT2D eigenvalue weighted by Gasteiger charge is -2.42. The van der Waals surface area contributed by atoms with Gasteiger partial charge in [0, 0.05) is 30.0 Å². The fourth-order valence-electron chi connectivity index (χ4n) is 2.78. The normalized spacial score (nSPS) is 26.7. The van der Waals surface area contributed by atoms with Crippen molar-refractivity contribution in [3.8, 4) is 5.75 Å². The molecule has 1 heterocycles. The molecular weight excluding hydrogens is 308 g/mol. The molecule has 2 rings (SSSR count). The van der Waals surface area contributed by atoms with Crippen molar-refractivity contribution in [3.05, 3.63) is 28.2 Å². The second-order valence-electron chi connectivity index (χ2n) is 6.09. The standard InChI is InChI=1S/C15H21BrO3/c1-14(2,18-4)9-15(3)8-12(17)11-7-10(16)5-6-13(11)19-15/h5-7,12,17H,8-9H2,1-4H3/t12-,15?/m1/s1. The third-order valence-corrected chi connectivity index (χ3v) is 4.16. The topological polar surface area (TPSA) is 38.7 Å². The van der Waals surface area contributed by atoms with Gasteiger partial charge < -0.3 is 14.6 Å². The number of aliphatic hydroxyl groups is 1. The summed E-state index contributed by atoms with van der Waals surface area (Å²) in [5.74, 6) is 0.761. The van der Waals surface area contributed by atoms with Gasteiger partial charge in [-0.25, -0.2) is 0 Å². The van der Waals surface area contributed by atoms with Gasteiger partial charge in [-0.1, -0.05) is 15.9 Å². The minimum atomic E-state index is -0.501. The summed E-state index contributed by atoms with van der Waals surface area (Å²) in [5.41, 5.74) is 0.156. The summed E-state index contributed by atoms with van der Waals surface area (Å²) < 4.78 is 12.6. The van der Waals surface area contributed by atoms with Crippen molar-refractivity contribution >= 4 is 15.9 Å². The first kappa shape index (κ1) is 14.8. The van der Waals surface area contributed by atoms with E-state index < -0.39 is 11.7 Å². The molecule has 106 valence electrons. The predicted octanol–water partition coefficient (Wildman–Crippen LogP) is 3.84. The molecule has 0 aliphatic carbocycles. The van der Waals surface area contributed by atoms with Gasteiger partial charge in [-0.2, -0.15) is 0 Å². The van der Waals surface area contributed by atoms with E-state index in [1.807, 2.05) is 39.0 Å². The molecule has 3 nitrogen and oxygen atoms in total. The molecule has 0 saturated carbocycles. The van der Waals surface area contributed by atoms with E-state index in [2.05, 4.69) is 15.9 Å². The number of aliphatic hydroxyl groups excluding tert-OH is 1. The fourth-order valence-corrected chi connectivity index (χ4v) is 3.16. The van der Waals surface area contributed by atoms with Crippen molar-refractivity contribution in [2.45, 2.75) is 50.9 Å². The molecule has 4 heteroatoms. The van der Waals surface area contributed by atoms with Crippen molar-refractivity contribution < 1.29 is 14.6 Å². The van der Waals surface area contributed by atoms with E-state index in [1.54, 1.807) is 7.11 Å². The Morgan fingerprint density at radius 3 is 2.84 bits per heavy atom. The summed E-state index contributed by atoms with van der Waals surface area (Å²) in [6, 6.07) is 5.75. The van der Waals surface area contributed by atoms with Gasteiger partial charge in [0.15, 0.2) is 0 Å². The van der Waals surface area contributed by atoms with Crippen molar-refractivity contribution in [2.24, 2.45) is 0 Å². The first-order valence-corrected chi connectivity index (χ1v) is 7.26. The van der Waals surface area contributed by atoms with Gasteiger partial charge in [0.1, 0.15) is 11.4 Å². The molecule has 1 aromatic carbocycles. The molecule has 0 aromatic heterocycles. The number of benzene rings is 1. The molecule has 1 N–H and O–H groups in total. The predicted molar refractivity (Wildman–Crippen MR) is 78.5 cm³/mol. The zero-order chi connectivity index (χ0) is 14.3. The monoisotopic (exact) mass is 328 g/mol. The Morgan fingerprint density at radius 1 is 1.53 bits per heavy atom. The number of hydrogen-bond donors (Lipinski definition) is 1. The van der Waals surface area contributed by atoms with Gasteiger partial charge in [0.2, 0.25) is 0 Å². The lowest BCUT2D eigenvalue weighted by Crippen LogP contribution is -2.44. The first-order valence-electron chi connectivity index (χ1n) is 6.46. The summed E-state index contributed by atoms with van der Waals surface area (Å²) in [6.07, 6.45) is 0.797. The maximum atomic E-state index is 10.3. The minimum Gasteiger partial charge on any atom is -0.487 e. The number of hydrogen-bond acceptors (Lipinski definition) is 3. The highest BCUT2D eigenvalue weighted by atomic mass is 79.9. The lowest BCUT2D eigenvalue weighted by molar-refractivity contribution is -0.0746. The minimum absolute atomic E-state index is 0.276. The van der Waals surface area contributed by atoms with Crippen LogP contribution in [0.3, 0.4) is 0 Å². The lowest BCUT2D eigenvalue weighted by atomic mass is 9.82. The third kappa shape index (κ3) is 3.30. The molecule has 0 bridgehead atoms. The highest BCUT2D eigenvalue weighted by molar-refractivity contribution is 9.10. The smallest absolute Gasteiger partial charge is 0.126 e. The van der Waals surface area contributed by atoms with E-state index in [9.17, 15) is 5.11 Å². The average Bonchev–Trinajstić information content (AvgIpc) is 2.29. The van der Waals surface area contributed by atoms with Gasteiger partial charge in [-0.15, -0.1) is 0 Å². The van der Waals surface area contributed by atoms with Gasteiger partial charge in [0.25, 0.3) is 0 Å². The van der Waals surface area contributed by atoms with Crippen LogP contribution in [0.4, 0.5) is 0 Å². The number of methoxy groups -OCH3 is 1. The molecular formula is C15H21BrO3. The molecule has 0 spiro atoms. The van der Waals surface area contributed by atoms with E-state index in [0.29, 0.717) is 6.42 Å². The average molecular weight is 329 g/mol. The van der Waals surface area contributed by atoms with Crippen LogP contribution in [0.5, 0.6) is 5.75 Å². The summed E-state index contributed by atoms with van der Waals surface area (Å²) >= 11 is 3.42. The number of rotatable bonds is 3. The van der Waals surface area contributed by atoms with E-state index in [4.69, 9.17) is 9.47 Å². The van der Waals surface area contributed by atoms with E-state index in [1.165, 1.54) is 0 Å². The molecule has 1 aliphatic rings. The summed E-state index contributed by atoms with van der Waals surface area (Å²) in [6.45, 7) is 6.10. The maximum Gasteiger partial charge on any atom is 0.126 e. The van der Waals surface area contributed by atoms with Gasteiger partial charge >= 0.3 is 0 Å². The summed E-state index contributed by atoms with van der Waals surface area (Å²) in [5, 5.41) is 10.3. The molecule has 2 atom stereocenters. The summed E-state index contributed by atoms with van der Waals surface area (Å²) in [7, 11) is 1.70. The van der Waals surface area contributed by atoms with Crippen LogP contribution in [-0.4, -0.2) is 23.4 Å². The fraction of sp³-hybridized carbons (Fsp3) is 0.600. The molecule has 0 radical (unpaired) electrons. The zero-order valence-corrected chi connectivity index (χ0v) is 13.5. The molecule has 1 aliphatic heterocycles. The third-order valence-electron chi connectivity index (χ3n) is 3.66. The van der Waals surface area contributed by atoms with E-state index in [-0.39, 0.29) is 5.60 Å². The van der Waals surface area contributed by atoms with Gasteiger partial charge in [-0.05, 0) is 39.0 Å². The van der Waals surface area contributed by atoms with Crippen LogP contribution in [0.2, 0.25) is 0 Å². The first-order chi connectivity index (χ1) is 8.75. The van der Waals surface area contributed by atoms with Crippen LogP contribution in [0.15, 0.2) is 22.7 Å². The molecule has 1 aromatic rings. The van der Waals surface area contributed by atoms with Crippen molar-refractivity contribution in [2.75, 3.05) is 7.11 Å². The van der Waals surface area contributed by atoms with Crippen LogP contribution < -0.4 is 4.74 Å². The molecule has 1 unspecified atom stereocenters.